The average Bonchev–Trinajstić information content (AvgIpc) is 2.87. The van der Waals surface area contributed by atoms with Gasteiger partial charge in [0.05, 0.1) is 26.9 Å². The summed E-state index contributed by atoms with van der Waals surface area (Å²) in [5, 5.41) is 2.61. The van der Waals surface area contributed by atoms with Crippen LogP contribution < -0.4 is 10.2 Å². The Labute approximate surface area is 199 Å². The highest BCUT2D eigenvalue weighted by molar-refractivity contribution is 5.96. The lowest BCUT2D eigenvalue weighted by Gasteiger charge is -2.43. The first kappa shape index (κ1) is 25.3. The number of ether oxygens (including phenoxy) is 2. The van der Waals surface area contributed by atoms with E-state index in [1.807, 2.05) is 31.1 Å². The quantitative estimate of drug-likeness (QED) is 0.597. The third-order valence-corrected chi connectivity index (χ3v) is 6.04. The second-order valence-corrected chi connectivity index (χ2v) is 8.54. The fourth-order valence-corrected chi connectivity index (χ4v) is 3.99. The SMILES string of the molecule is COC(=O)[C@@H](C)NC(=O)[C@H]1CN(C(=O)c2ccc(N(C)C)cc2)CCN1C(=O)N1CCOCC1. The Morgan fingerprint density at radius 2 is 1.68 bits per heavy atom. The standard InChI is InChI=1S/C23H33N5O6/c1-16(22(31)33-4)24-20(29)19-15-27(21(30)17-5-7-18(8-6-17)25(2)3)9-10-28(19)23(32)26-11-13-34-14-12-26/h5-8,16,19H,9-15H2,1-4H3,(H,24,29)/t16-,19-/m1/s1. The number of nitrogens with zero attached hydrogens (tertiary/aromatic N) is 4. The second-order valence-electron chi connectivity index (χ2n) is 8.54. The highest BCUT2D eigenvalue weighted by Gasteiger charge is 2.40. The van der Waals surface area contributed by atoms with Crippen molar-refractivity contribution in [1.82, 2.24) is 20.0 Å². The maximum atomic E-state index is 13.2. The Balaban J connectivity index is 1.78. The summed E-state index contributed by atoms with van der Waals surface area (Å²) in [6, 6.07) is 5.09. The van der Waals surface area contributed by atoms with Gasteiger partial charge in [0.2, 0.25) is 5.91 Å². The maximum Gasteiger partial charge on any atom is 0.328 e. The number of hydrogen-bond donors (Lipinski definition) is 1. The third kappa shape index (κ3) is 5.77. The Kier molecular flexibility index (Phi) is 8.32. The van der Waals surface area contributed by atoms with Crippen molar-refractivity contribution < 1.29 is 28.7 Å². The van der Waals surface area contributed by atoms with Crippen LogP contribution >= 0.6 is 0 Å². The molecule has 186 valence electrons. The van der Waals surface area contributed by atoms with E-state index in [0.29, 0.717) is 38.4 Å². The van der Waals surface area contributed by atoms with Gasteiger partial charge < -0.3 is 34.4 Å². The molecule has 11 heteroatoms. The number of rotatable bonds is 5. The zero-order chi connectivity index (χ0) is 24.8. The second kappa shape index (κ2) is 11.2. The van der Waals surface area contributed by atoms with E-state index in [1.165, 1.54) is 18.9 Å². The van der Waals surface area contributed by atoms with Crippen LogP contribution in [0, 0.1) is 0 Å². The summed E-state index contributed by atoms with van der Waals surface area (Å²) in [4.78, 5) is 58.0. The van der Waals surface area contributed by atoms with Crippen LogP contribution in [0.1, 0.15) is 17.3 Å². The molecule has 2 heterocycles. The summed E-state index contributed by atoms with van der Waals surface area (Å²) in [6.07, 6.45) is 0. The first-order valence-corrected chi connectivity index (χ1v) is 11.3. The van der Waals surface area contributed by atoms with Crippen LogP contribution in [0.2, 0.25) is 0 Å². The molecule has 1 aromatic rings. The first-order valence-electron chi connectivity index (χ1n) is 11.3. The van der Waals surface area contributed by atoms with Crippen molar-refractivity contribution in [3.8, 4) is 0 Å². The van der Waals surface area contributed by atoms with E-state index in [0.717, 1.165) is 5.69 Å². The van der Waals surface area contributed by atoms with Crippen LogP contribution in [0.4, 0.5) is 10.5 Å². The first-order chi connectivity index (χ1) is 16.2. The average molecular weight is 476 g/mol. The Morgan fingerprint density at radius 1 is 1.03 bits per heavy atom. The summed E-state index contributed by atoms with van der Waals surface area (Å²) in [7, 11) is 5.07. The van der Waals surface area contributed by atoms with Gasteiger partial charge in [0.15, 0.2) is 0 Å². The zero-order valence-corrected chi connectivity index (χ0v) is 20.2. The number of esters is 1. The van der Waals surface area contributed by atoms with E-state index >= 15 is 0 Å². The Morgan fingerprint density at radius 3 is 2.26 bits per heavy atom. The third-order valence-electron chi connectivity index (χ3n) is 6.04. The van der Waals surface area contributed by atoms with Crippen molar-refractivity contribution in [2.24, 2.45) is 0 Å². The number of anilines is 1. The number of piperazine rings is 1. The van der Waals surface area contributed by atoms with Gasteiger partial charge in [-0.1, -0.05) is 0 Å². The van der Waals surface area contributed by atoms with Crippen LogP contribution in [0.25, 0.3) is 0 Å². The Hall–Kier alpha value is -3.34. The number of amides is 4. The predicted molar refractivity (Wildman–Crippen MR) is 125 cm³/mol. The van der Waals surface area contributed by atoms with Crippen LogP contribution in [0.5, 0.6) is 0 Å². The molecule has 0 spiro atoms. The van der Waals surface area contributed by atoms with Crippen molar-refractivity contribution in [1.29, 1.82) is 0 Å². The van der Waals surface area contributed by atoms with Gasteiger partial charge in [-0.05, 0) is 31.2 Å². The van der Waals surface area contributed by atoms with Gasteiger partial charge in [0.25, 0.3) is 5.91 Å². The highest BCUT2D eigenvalue weighted by atomic mass is 16.5. The number of carbonyl (C=O) groups excluding carboxylic acids is 4. The van der Waals surface area contributed by atoms with Crippen LogP contribution in [0.15, 0.2) is 24.3 Å². The minimum absolute atomic E-state index is 0.0179. The molecule has 0 radical (unpaired) electrons. The van der Waals surface area contributed by atoms with Crippen molar-refractivity contribution in [2.75, 3.05) is 72.0 Å². The van der Waals surface area contributed by atoms with Crippen molar-refractivity contribution in [3.63, 3.8) is 0 Å². The molecule has 0 saturated carbocycles. The number of morpholine rings is 1. The van der Waals surface area contributed by atoms with Crippen molar-refractivity contribution in [2.45, 2.75) is 19.0 Å². The van der Waals surface area contributed by atoms with Gasteiger partial charge in [-0.3, -0.25) is 9.59 Å². The molecule has 1 N–H and O–H groups in total. The van der Waals surface area contributed by atoms with E-state index in [1.54, 1.807) is 21.9 Å². The number of nitrogens with one attached hydrogen (secondary N) is 1. The molecule has 0 aliphatic carbocycles. The summed E-state index contributed by atoms with van der Waals surface area (Å²) >= 11 is 0. The molecule has 1 aromatic carbocycles. The van der Waals surface area contributed by atoms with E-state index < -0.39 is 24.0 Å². The fourth-order valence-electron chi connectivity index (χ4n) is 3.99. The highest BCUT2D eigenvalue weighted by Crippen LogP contribution is 2.19. The molecule has 2 aliphatic rings. The minimum Gasteiger partial charge on any atom is -0.467 e. The lowest BCUT2D eigenvalue weighted by molar-refractivity contribution is -0.145. The fraction of sp³-hybridized carbons (Fsp3) is 0.565. The van der Waals surface area contributed by atoms with Crippen LogP contribution in [0.3, 0.4) is 0 Å². The minimum atomic E-state index is -0.943. The number of urea groups is 1. The van der Waals surface area contributed by atoms with E-state index in [9.17, 15) is 19.2 Å². The van der Waals surface area contributed by atoms with Gasteiger partial charge in [0, 0.05) is 51.5 Å². The molecular weight excluding hydrogens is 442 g/mol. The van der Waals surface area contributed by atoms with Crippen LogP contribution in [-0.4, -0.2) is 118 Å². The number of carbonyl (C=O) groups is 4. The molecule has 2 fully saturated rings. The number of methoxy groups -OCH3 is 1. The zero-order valence-electron chi connectivity index (χ0n) is 20.2. The van der Waals surface area contributed by atoms with Gasteiger partial charge in [0.1, 0.15) is 12.1 Å². The lowest BCUT2D eigenvalue weighted by atomic mass is 10.1. The molecule has 4 amide bonds. The molecule has 2 atom stereocenters. The monoisotopic (exact) mass is 475 g/mol. The van der Waals surface area contributed by atoms with Gasteiger partial charge in [-0.15, -0.1) is 0 Å². The number of benzene rings is 1. The van der Waals surface area contributed by atoms with Gasteiger partial charge in [-0.2, -0.15) is 0 Å². The topological polar surface area (TPSA) is 112 Å². The molecular formula is C23H33N5O6. The van der Waals surface area contributed by atoms with E-state index in [-0.39, 0.29) is 25.0 Å². The summed E-state index contributed by atoms with van der Waals surface area (Å²) in [5.74, 6) is -1.33. The van der Waals surface area contributed by atoms with Gasteiger partial charge in [-0.25, -0.2) is 9.59 Å². The molecule has 3 rings (SSSR count). The predicted octanol–water partition coefficient (Wildman–Crippen LogP) is 0.00890. The summed E-state index contributed by atoms with van der Waals surface area (Å²) in [6.45, 7) is 3.75. The smallest absolute Gasteiger partial charge is 0.328 e. The van der Waals surface area contributed by atoms with E-state index in [2.05, 4.69) is 10.1 Å². The molecule has 2 saturated heterocycles. The maximum absolute atomic E-state index is 13.2. The summed E-state index contributed by atoms with van der Waals surface area (Å²) in [5.41, 5.74) is 1.46. The lowest BCUT2D eigenvalue weighted by Crippen LogP contribution is -2.65. The molecule has 0 bridgehead atoms. The molecule has 0 unspecified atom stereocenters. The molecule has 11 nitrogen and oxygen atoms in total. The van der Waals surface area contributed by atoms with Crippen molar-refractivity contribution in [3.05, 3.63) is 29.8 Å². The van der Waals surface area contributed by atoms with Gasteiger partial charge >= 0.3 is 12.0 Å². The summed E-state index contributed by atoms with van der Waals surface area (Å²) < 4.78 is 10.0. The van der Waals surface area contributed by atoms with E-state index in [4.69, 9.17) is 4.74 Å². The Bertz CT molecular complexity index is 900. The van der Waals surface area contributed by atoms with Crippen LogP contribution in [-0.2, 0) is 19.1 Å². The van der Waals surface area contributed by atoms with Crippen molar-refractivity contribution >= 4 is 29.5 Å². The number of hydrogen-bond acceptors (Lipinski definition) is 7. The largest absolute Gasteiger partial charge is 0.467 e. The molecule has 34 heavy (non-hydrogen) atoms. The molecule has 2 aliphatic heterocycles. The molecule has 0 aromatic heterocycles. The normalized spacial score (nSPS) is 19.3.